The number of rotatable bonds is 3. The summed E-state index contributed by atoms with van der Waals surface area (Å²) in [7, 11) is 0. The third kappa shape index (κ3) is 3.38. The van der Waals surface area contributed by atoms with E-state index in [-0.39, 0.29) is 5.91 Å². The van der Waals surface area contributed by atoms with Crippen molar-refractivity contribution in [3.8, 4) is 0 Å². The molecule has 1 saturated heterocycles. The summed E-state index contributed by atoms with van der Waals surface area (Å²) in [6.07, 6.45) is 0.962. The summed E-state index contributed by atoms with van der Waals surface area (Å²) in [5, 5.41) is 2.84. The van der Waals surface area contributed by atoms with Crippen molar-refractivity contribution in [3.05, 3.63) is 23.8 Å². The Morgan fingerprint density at radius 2 is 2.26 bits per heavy atom. The Hall–Kier alpha value is -1.75. The number of nitrogens with one attached hydrogen (secondary N) is 1. The van der Waals surface area contributed by atoms with Crippen molar-refractivity contribution in [2.45, 2.75) is 13.3 Å². The third-order valence-electron chi connectivity index (χ3n) is 3.17. The molecule has 0 saturated carbocycles. The van der Waals surface area contributed by atoms with E-state index in [9.17, 15) is 4.79 Å². The van der Waals surface area contributed by atoms with Gasteiger partial charge in [-0.15, -0.1) is 0 Å². The molecule has 1 fully saturated rings. The van der Waals surface area contributed by atoms with E-state index < -0.39 is 0 Å². The highest BCUT2D eigenvalue weighted by Gasteiger charge is 2.17. The minimum Gasteiger partial charge on any atom is -0.399 e. The minimum atomic E-state index is -0.0531. The molecule has 3 N–H and O–H groups in total. The Bertz CT molecular complexity index is 440. The molecule has 1 heterocycles. The van der Waals surface area contributed by atoms with Gasteiger partial charge in [0, 0.05) is 31.9 Å². The first-order valence-electron chi connectivity index (χ1n) is 6.72. The Kier molecular flexibility index (Phi) is 4.63. The highest BCUT2D eigenvalue weighted by molar-refractivity contribution is 6.00. The van der Waals surface area contributed by atoms with Gasteiger partial charge in [0.15, 0.2) is 0 Å². The molecule has 1 aliphatic rings. The van der Waals surface area contributed by atoms with Crippen LogP contribution in [-0.2, 0) is 4.74 Å². The standard InChI is InChI=1S/C14H21N3O2/c1-2-16-14(18)12-5-4-11(15)10-13(12)17-6-3-8-19-9-7-17/h4-5,10H,2-3,6-9,15H2,1H3,(H,16,18). The smallest absolute Gasteiger partial charge is 0.253 e. The number of benzene rings is 1. The van der Waals surface area contributed by atoms with E-state index >= 15 is 0 Å². The molecular weight excluding hydrogens is 242 g/mol. The lowest BCUT2D eigenvalue weighted by molar-refractivity contribution is 0.0956. The van der Waals surface area contributed by atoms with Gasteiger partial charge in [0.25, 0.3) is 5.91 Å². The van der Waals surface area contributed by atoms with E-state index in [2.05, 4.69) is 10.2 Å². The van der Waals surface area contributed by atoms with E-state index in [0.717, 1.165) is 31.8 Å². The molecule has 1 aliphatic heterocycles. The Morgan fingerprint density at radius 3 is 3.05 bits per heavy atom. The fraction of sp³-hybridized carbons (Fsp3) is 0.500. The van der Waals surface area contributed by atoms with Gasteiger partial charge < -0.3 is 20.7 Å². The van der Waals surface area contributed by atoms with Gasteiger partial charge in [-0.25, -0.2) is 0 Å². The summed E-state index contributed by atoms with van der Waals surface area (Å²) in [5.41, 5.74) is 8.11. The zero-order chi connectivity index (χ0) is 13.7. The number of carbonyl (C=O) groups is 1. The van der Waals surface area contributed by atoms with Crippen molar-refractivity contribution in [2.24, 2.45) is 0 Å². The second-order valence-electron chi connectivity index (χ2n) is 4.59. The number of anilines is 2. The number of amides is 1. The Morgan fingerprint density at radius 1 is 1.42 bits per heavy atom. The van der Waals surface area contributed by atoms with Gasteiger partial charge in [-0.05, 0) is 31.5 Å². The van der Waals surface area contributed by atoms with Gasteiger partial charge in [-0.1, -0.05) is 0 Å². The third-order valence-corrected chi connectivity index (χ3v) is 3.17. The summed E-state index contributed by atoms with van der Waals surface area (Å²) in [6.45, 7) is 5.66. The van der Waals surface area contributed by atoms with Crippen LogP contribution in [0.15, 0.2) is 18.2 Å². The molecule has 0 aromatic heterocycles. The van der Waals surface area contributed by atoms with Gasteiger partial charge in [-0.3, -0.25) is 4.79 Å². The Labute approximate surface area is 113 Å². The highest BCUT2D eigenvalue weighted by Crippen LogP contribution is 2.24. The van der Waals surface area contributed by atoms with Gasteiger partial charge >= 0.3 is 0 Å². The number of nitrogens with zero attached hydrogens (tertiary/aromatic N) is 1. The largest absolute Gasteiger partial charge is 0.399 e. The average Bonchev–Trinajstić information content (AvgIpc) is 2.67. The van der Waals surface area contributed by atoms with Crippen molar-refractivity contribution in [2.75, 3.05) is 43.5 Å². The highest BCUT2D eigenvalue weighted by atomic mass is 16.5. The summed E-state index contributed by atoms with van der Waals surface area (Å²) in [6, 6.07) is 5.43. The zero-order valence-electron chi connectivity index (χ0n) is 11.3. The molecule has 0 unspecified atom stereocenters. The molecular formula is C14H21N3O2. The summed E-state index contributed by atoms with van der Waals surface area (Å²) < 4.78 is 5.45. The monoisotopic (exact) mass is 263 g/mol. The molecule has 19 heavy (non-hydrogen) atoms. The number of nitrogen functional groups attached to an aromatic ring is 1. The molecule has 0 atom stereocenters. The van der Waals surface area contributed by atoms with Gasteiger partial charge in [-0.2, -0.15) is 0 Å². The Balaban J connectivity index is 2.30. The first kappa shape index (κ1) is 13.7. The number of nitrogens with two attached hydrogens (primary N) is 1. The van der Waals surface area contributed by atoms with Crippen LogP contribution in [0.2, 0.25) is 0 Å². The van der Waals surface area contributed by atoms with Crippen molar-refractivity contribution in [3.63, 3.8) is 0 Å². The fourth-order valence-electron chi connectivity index (χ4n) is 2.25. The SMILES string of the molecule is CCNC(=O)c1ccc(N)cc1N1CCCOCC1. The molecule has 1 aromatic carbocycles. The van der Waals surface area contributed by atoms with E-state index in [1.54, 1.807) is 12.1 Å². The van der Waals surface area contributed by atoms with Crippen LogP contribution in [0.25, 0.3) is 0 Å². The second-order valence-corrected chi connectivity index (χ2v) is 4.59. The molecule has 0 bridgehead atoms. The van der Waals surface area contributed by atoms with Gasteiger partial charge in [0.05, 0.1) is 17.9 Å². The van der Waals surface area contributed by atoms with Crippen LogP contribution in [0.4, 0.5) is 11.4 Å². The predicted molar refractivity (Wildman–Crippen MR) is 76.5 cm³/mol. The number of ether oxygens (including phenoxy) is 1. The second kappa shape index (κ2) is 6.43. The molecule has 5 nitrogen and oxygen atoms in total. The van der Waals surface area contributed by atoms with Crippen LogP contribution in [0, 0.1) is 0 Å². The maximum Gasteiger partial charge on any atom is 0.253 e. The van der Waals surface area contributed by atoms with Crippen LogP contribution >= 0.6 is 0 Å². The molecule has 1 amide bonds. The van der Waals surface area contributed by atoms with E-state index in [1.807, 2.05) is 13.0 Å². The first-order valence-corrected chi connectivity index (χ1v) is 6.72. The number of hydrogen-bond acceptors (Lipinski definition) is 4. The van der Waals surface area contributed by atoms with Crippen LogP contribution in [0.5, 0.6) is 0 Å². The molecule has 5 heteroatoms. The van der Waals surface area contributed by atoms with E-state index in [4.69, 9.17) is 10.5 Å². The maximum absolute atomic E-state index is 12.1. The first-order chi connectivity index (χ1) is 9.22. The quantitative estimate of drug-likeness (QED) is 0.805. The maximum atomic E-state index is 12.1. The summed E-state index contributed by atoms with van der Waals surface area (Å²) in [5.74, 6) is -0.0531. The van der Waals surface area contributed by atoms with Crippen LogP contribution in [-0.4, -0.2) is 38.8 Å². The lowest BCUT2D eigenvalue weighted by atomic mass is 10.1. The van der Waals surface area contributed by atoms with E-state index in [0.29, 0.717) is 24.4 Å². The zero-order valence-corrected chi connectivity index (χ0v) is 11.3. The normalized spacial score (nSPS) is 15.9. The van der Waals surface area contributed by atoms with Gasteiger partial charge in [0.2, 0.25) is 0 Å². The van der Waals surface area contributed by atoms with E-state index in [1.165, 1.54) is 0 Å². The van der Waals surface area contributed by atoms with Crippen molar-refractivity contribution >= 4 is 17.3 Å². The topological polar surface area (TPSA) is 67.6 Å². The summed E-state index contributed by atoms with van der Waals surface area (Å²) >= 11 is 0. The summed E-state index contributed by atoms with van der Waals surface area (Å²) in [4.78, 5) is 14.3. The molecule has 0 spiro atoms. The van der Waals surface area contributed by atoms with Crippen LogP contribution in [0.1, 0.15) is 23.7 Å². The fourth-order valence-corrected chi connectivity index (χ4v) is 2.25. The minimum absolute atomic E-state index is 0.0531. The van der Waals surface area contributed by atoms with Gasteiger partial charge in [0.1, 0.15) is 0 Å². The lowest BCUT2D eigenvalue weighted by Gasteiger charge is -2.24. The lowest BCUT2D eigenvalue weighted by Crippen LogP contribution is -2.30. The molecule has 104 valence electrons. The molecule has 0 radical (unpaired) electrons. The van der Waals surface area contributed by atoms with Crippen molar-refractivity contribution in [1.82, 2.24) is 5.32 Å². The number of hydrogen-bond donors (Lipinski definition) is 2. The van der Waals surface area contributed by atoms with Crippen LogP contribution < -0.4 is 16.0 Å². The molecule has 0 aliphatic carbocycles. The van der Waals surface area contributed by atoms with Crippen LogP contribution in [0.3, 0.4) is 0 Å². The predicted octanol–water partition coefficient (Wildman–Crippen LogP) is 1.25. The van der Waals surface area contributed by atoms with Crippen molar-refractivity contribution < 1.29 is 9.53 Å². The number of carbonyl (C=O) groups excluding carboxylic acids is 1. The molecule has 1 aromatic rings. The van der Waals surface area contributed by atoms with Crippen molar-refractivity contribution in [1.29, 1.82) is 0 Å². The average molecular weight is 263 g/mol. The molecule has 2 rings (SSSR count).